The summed E-state index contributed by atoms with van der Waals surface area (Å²) in [7, 11) is 0. The Morgan fingerprint density at radius 1 is 1.39 bits per heavy atom. The molecule has 1 fully saturated rings. The van der Waals surface area contributed by atoms with Crippen LogP contribution in [0.25, 0.3) is 0 Å². The summed E-state index contributed by atoms with van der Waals surface area (Å²) in [6.45, 7) is 0.261. The Morgan fingerprint density at radius 2 is 2.17 bits per heavy atom. The first-order chi connectivity index (χ1) is 8.61. The molecule has 0 spiro atoms. The predicted molar refractivity (Wildman–Crippen MR) is 63.0 cm³/mol. The van der Waals surface area contributed by atoms with Gasteiger partial charge in [-0.3, -0.25) is 15.0 Å². The standard InChI is InChI=1S/C11H11N3O4/c15-9-5-8(2-1-7(9)6-12-18)14-4-3-10(16)13-11(14)17/h1-2,5-6,15,18H,3-4H2,(H,13,16,17). The van der Waals surface area contributed by atoms with E-state index in [4.69, 9.17) is 5.21 Å². The number of phenolic OH excluding ortho intramolecular Hbond substituents is 1. The van der Waals surface area contributed by atoms with Crippen LogP contribution in [0.1, 0.15) is 12.0 Å². The van der Waals surface area contributed by atoms with Gasteiger partial charge >= 0.3 is 6.03 Å². The van der Waals surface area contributed by atoms with Gasteiger partial charge in [0.1, 0.15) is 5.75 Å². The van der Waals surface area contributed by atoms with Crippen molar-refractivity contribution in [2.24, 2.45) is 5.16 Å². The van der Waals surface area contributed by atoms with Crippen LogP contribution >= 0.6 is 0 Å². The first-order valence-corrected chi connectivity index (χ1v) is 5.23. The van der Waals surface area contributed by atoms with E-state index in [2.05, 4.69) is 10.5 Å². The van der Waals surface area contributed by atoms with Crippen LogP contribution < -0.4 is 10.2 Å². The zero-order valence-corrected chi connectivity index (χ0v) is 9.33. The molecular formula is C11H11N3O4. The van der Waals surface area contributed by atoms with Gasteiger partial charge in [-0.15, -0.1) is 0 Å². The van der Waals surface area contributed by atoms with Gasteiger partial charge in [-0.05, 0) is 12.1 Å². The van der Waals surface area contributed by atoms with Crippen molar-refractivity contribution >= 4 is 23.8 Å². The molecule has 0 atom stereocenters. The van der Waals surface area contributed by atoms with Gasteiger partial charge in [-0.25, -0.2) is 4.79 Å². The fourth-order valence-corrected chi connectivity index (χ4v) is 1.68. The highest BCUT2D eigenvalue weighted by molar-refractivity contribution is 6.05. The molecule has 0 saturated carbocycles. The second kappa shape index (κ2) is 4.74. The molecule has 1 heterocycles. The van der Waals surface area contributed by atoms with Crippen molar-refractivity contribution in [1.29, 1.82) is 0 Å². The van der Waals surface area contributed by atoms with Crippen LogP contribution in [0.4, 0.5) is 10.5 Å². The number of amides is 3. The Hall–Kier alpha value is -2.57. The molecule has 1 aromatic rings. The van der Waals surface area contributed by atoms with Crippen LogP contribution in [0, 0.1) is 0 Å². The Kier molecular flexibility index (Phi) is 3.13. The predicted octanol–water partition coefficient (Wildman–Crippen LogP) is 0.647. The minimum Gasteiger partial charge on any atom is -0.507 e. The SMILES string of the molecule is O=C1CCN(c2ccc(C=NO)c(O)c2)C(=O)N1. The van der Waals surface area contributed by atoms with Crippen molar-refractivity contribution in [3.63, 3.8) is 0 Å². The van der Waals surface area contributed by atoms with Crippen molar-refractivity contribution in [2.45, 2.75) is 6.42 Å². The molecule has 94 valence electrons. The summed E-state index contributed by atoms with van der Waals surface area (Å²) in [5, 5.41) is 23.0. The van der Waals surface area contributed by atoms with Crippen LogP contribution in [0.15, 0.2) is 23.4 Å². The highest BCUT2D eigenvalue weighted by atomic mass is 16.4. The molecule has 0 bridgehead atoms. The van der Waals surface area contributed by atoms with Gasteiger partial charge in [0.15, 0.2) is 0 Å². The average molecular weight is 249 g/mol. The zero-order valence-electron chi connectivity index (χ0n) is 9.33. The first-order valence-electron chi connectivity index (χ1n) is 5.23. The van der Waals surface area contributed by atoms with Crippen molar-refractivity contribution in [2.75, 3.05) is 11.4 Å². The maximum absolute atomic E-state index is 11.6. The summed E-state index contributed by atoms with van der Waals surface area (Å²) in [4.78, 5) is 23.9. The van der Waals surface area contributed by atoms with Crippen LogP contribution in [-0.2, 0) is 4.79 Å². The van der Waals surface area contributed by atoms with Gasteiger partial charge in [-0.2, -0.15) is 0 Å². The largest absolute Gasteiger partial charge is 0.507 e. The molecule has 3 N–H and O–H groups in total. The number of rotatable bonds is 2. The minimum absolute atomic E-state index is 0.116. The topological polar surface area (TPSA) is 102 Å². The van der Waals surface area contributed by atoms with Gasteiger partial charge < -0.3 is 10.3 Å². The number of carbonyl (C=O) groups is 2. The van der Waals surface area contributed by atoms with E-state index in [-0.39, 0.29) is 24.6 Å². The number of phenols is 1. The van der Waals surface area contributed by atoms with Crippen LogP contribution in [-0.4, -0.2) is 35.0 Å². The minimum atomic E-state index is -0.519. The van der Waals surface area contributed by atoms with E-state index < -0.39 is 6.03 Å². The molecule has 18 heavy (non-hydrogen) atoms. The van der Waals surface area contributed by atoms with E-state index in [0.717, 1.165) is 6.21 Å². The summed E-state index contributed by atoms with van der Waals surface area (Å²) in [6, 6.07) is 3.95. The Balaban J connectivity index is 2.26. The van der Waals surface area contributed by atoms with Crippen LogP contribution in [0.2, 0.25) is 0 Å². The number of hydrogen-bond acceptors (Lipinski definition) is 5. The Labute approximate surface area is 102 Å². The third-order valence-corrected chi connectivity index (χ3v) is 2.58. The third kappa shape index (κ3) is 2.24. The van der Waals surface area contributed by atoms with E-state index >= 15 is 0 Å². The third-order valence-electron chi connectivity index (χ3n) is 2.58. The van der Waals surface area contributed by atoms with E-state index in [1.165, 1.54) is 17.0 Å². The van der Waals surface area contributed by atoms with Gasteiger partial charge in [0.25, 0.3) is 0 Å². The lowest BCUT2D eigenvalue weighted by Crippen LogP contribution is -2.49. The molecule has 0 radical (unpaired) electrons. The van der Waals surface area contributed by atoms with E-state index in [0.29, 0.717) is 11.3 Å². The second-order valence-electron chi connectivity index (χ2n) is 3.74. The highest BCUT2D eigenvalue weighted by Crippen LogP contribution is 2.24. The summed E-state index contributed by atoms with van der Waals surface area (Å²) in [6.07, 6.45) is 1.30. The Bertz CT molecular complexity index is 527. The molecular weight excluding hydrogens is 238 g/mol. The molecule has 0 unspecified atom stereocenters. The highest BCUT2D eigenvalue weighted by Gasteiger charge is 2.24. The van der Waals surface area contributed by atoms with Gasteiger partial charge in [0.2, 0.25) is 5.91 Å². The lowest BCUT2D eigenvalue weighted by atomic mass is 10.1. The molecule has 3 amide bonds. The molecule has 7 nitrogen and oxygen atoms in total. The fourth-order valence-electron chi connectivity index (χ4n) is 1.68. The number of nitrogens with one attached hydrogen (secondary N) is 1. The monoisotopic (exact) mass is 249 g/mol. The zero-order chi connectivity index (χ0) is 13.1. The molecule has 1 saturated heterocycles. The number of carbonyl (C=O) groups excluding carboxylic acids is 2. The summed E-state index contributed by atoms with van der Waals surface area (Å²) in [5.41, 5.74) is 0.794. The molecule has 0 aliphatic carbocycles. The number of benzene rings is 1. The molecule has 1 aliphatic rings. The van der Waals surface area contributed by atoms with E-state index in [9.17, 15) is 14.7 Å². The second-order valence-corrected chi connectivity index (χ2v) is 3.74. The lowest BCUT2D eigenvalue weighted by Gasteiger charge is -2.26. The number of nitrogens with zero attached hydrogens (tertiary/aromatic N) is 2. The molecule has 7 heteroatoms. The van der Waals surface area contributed by atoms with Crippen molar-refractivity contribution < 1.29 is 19.9 Å². The number of hydrogen-bond donors (Lipinski definition) is 3. The molecule has 1 aromatic carbocycles. The number of imide groups is 1. The molecule has 1 aliphatic heterocycles. The van der Waals surface area contributed by atoms with Crippen LogP contribution in [0.3, 0.4) is 0 Å². The Morgan fingerprint density at radius 3 is 2.78 bits per heavy atom. The summed E-state index contributed by atoms with van der Waals surface area (Å²) in [5.74, 6) is -0.431. The maximum Gasteiger partial charge on any atom is 0.328 e. The molecule has 2 rings (SSSR count). The van der Waals surface area contributed by atoms with Crippen molar-refractivity contribution in [1.82, 2.24) is 5.32 Å². The van der Waals surface area contributed by atoms with E-state index in [1.807, 2.05) is 0 Å². The smallest absolute Gasteiger partial charge is 0.328 e. The normalized spacial score (nSPS) is 16.1. The summed E-state index contributed by atoms with van der Waals surface area (Å²) >= 11 is 0. The quantitative estimate of drug-likeness (QED) is 0.406. The van der Waals surface area contributed by atoms with Gasteiger partial charge in [0, 0.05) is 30.3 Å². The number of urea groups is 1. The fraction of sp³-hybridized carbons (Fsp3) is 0.182. The lowest BCUT2D eigenvalue weighted by molar-refractivity contribution is -0.120. The van der Waals surface area contributed by atoms with Gasteiger partial charge in [0.05, 0.1) is 6.21 Å². The van der Waals surface area contributed by atoms with Crippen molar-refractivity contribution in [3.05, 3.63) is 23.8 Å². The van der Waals surface area contributed by atoms with Crippen LogP contribution in [0.5, 0.6) is 5.75 Å². The first kappa shape index (κ1) is 11.9. The maximum atomic E-state index is 11.6. The number of anilines is 1. The van der Waals surface area contributed by atoms with E-state index in [1.54, 1.807) is 6.07 Å². The summed E-state index contributed by atoms with van der Waals surface area (Å²) < 4.78 is 0. The number of oxime groups is 1. The number of aromatic hydroxyl groups is 1. The molecule has 0 aromatic heterocycles. The van der Waals surface area contributed by atoms with Gasteiger partial charge in [-0.1, -0.05) is 5.16 Å². The van der Waals surface area contributed by atoms with Crippen molar-refractivity contribution in [3.8, 4) is 5.75 Å². The average Bonchev–Trinajstić information content (AvgIpc) is 2.32.